The summed E-state index contributed by atoms with van der Waals surface area (Å²) in [5.41, 5.74) is 2.22. The van der Waals surface area contributed by atoms with E-state index in [2.05, 4.69) is 50.4 Å². The van der Waals surface area contributed by atoms with Crippen LogP contribution in [0.4, 0.5) is 0 Å². The molecule has 1 aromatic heterocycles. The van der Waals surface area contributed by atoms with E-state index in [0.717, 1.165) is 10.2 Å². The summed E-state index contributed by atoms with van der Waals surface area (Å²) in [7, 11) is 1.95. The van der Waals surface area contributed by atoms with Crippen LogP contribution in [0.25, 0.3) is 5.69 Å². The van der Waals surface area contributed by atoms with Gasteiger partial charge in [0, 0.05) is 10.5 Å². The van der Waals surface area contributed by atoms with Crippen LogP contribution in [0.5, 0.6) is 0 Å². The lowest BCUT2D eigenvalue weighted by molar-refractivity contribution is 0.651. The van der Waals surface area contributed by atoms with Gasteiger partial charge >= 0.3 is 0 Å². The average molecular weight is 281 g/mol. The highest BCUT2D eigenvalue weighted by Gasteiger charge is 2.07. The highest BCUT2D eigenvalue weighted by molar-refractivity contribution is 9.10. The number of hydrogen-bond donors (Lipinski definition) is 1. The summed E-state index contributed by atoms with van der Waals surface area (Å²) in [6.45, 7) is 2.12. The van der Waals surface area contributed by atoms with Crippen LogP contribution in [0.2, 0.25) is 0 Å². The maximum absolute atomic E-state index is 4.10. The maximum atomic E-state index is 4.10. The first-order valence-corrected chi connectivity index (χ1v) is 5.83. The molecule has 0 spiro atoms. The fourth-order valence-electron chi connectivity index (χ4n) is 1.48. The van der Waals surface area contributed by atoms with Gasteiger partial charge in [0.15, 0.2) is 0 Å². The van der Waals surface area contributed by atoms with Crippen molar-refractivity contribution in [3.63, 3.8) is 0 Å². The molecule has 0 radical (unpaired) electrons. The third-order valence-corrected chi connectivity index (χ3v) is 3.21. The lowest BCUT2D eigenvalue weighted by atomic mass is 10.1. The van der Waals surface area contributed by atoms with Crippen molar-refractivity contribution < 1.29 is 0 Å². The Balaban J connectivity index is 2.37. The molecule has 0 aliphatic rings. The van der Waals surface area contributed by atoms with Gasteiger partial charge in [-0.3, -0.25) is 0 Å². The molecule has 1 atom stereocenters. The van der Waals surface area contributed by atoms with Gasteiger partial charge in [-0.1, -0.05) is 6.07 Å². The quantitative estimate of drug-likeness (QED) is 0.938. The zero-order chi connectivity index (χ0) is 11.5. The highest BCUT2D eigenvalue weighted by Crippen LogP contribution is 2.24. The summed E-state index contributed by atoms with van der Waals surface area (Å²) in [4.78, 5) is 3.93. The number of nitrogens with zero attached hydrogens (tertiary/aromatic N) is 3. The molecule has 2 aromatic rings. The van der Waals surface area contributed by atoms with Gasteiger partial charge in [0.1, 0.15) is 12.7 Å². The summed E-state index contributed by atoms with van der Waals surface area (Å²) in [6.07, 6.45) is 3.21. The molecule has 2 rings (SSSR count). The fraction of sp³-hybridized carbons (Fsp3) is 0.273. The Hall–Kier alpha value is -1.20. The first kappa shape index (κ1) is 11.3. The molecule has 0 aliphatic carbocycles. The second-order valence-electron chi connectivity index (χ2n) is 3.56. The molecule has 0 fully saturated rings. The molecule has 0 saturated carbocycles. The molecule has 0 aliphatic heterocycles. The lowest BCUT2D eigenvalue weighted by Crippen LogP contribution is -2.12. The highest BCUT2D eigenvalue weighted by atomic mass is 79.9. The van der Waals surface area contributed by atoms with Crippen LogP contribution in [-0.4, -0.2) is 21.8 Å². The number of halogens is 1. The molecule has 5 heteroatoms. The Bertz CT molecular complexity index is 467. The van der Waals surface area contributed by atoms with Gasteiger partial charge in [-0.05, 0) is 47.6 Å². The van der Waals surface area contributed by atoms with Gasteiger partial charge in [0.25, 0.3) is 0 Å². The molecule has 1 N–H and O–H groups in total. The van der Waals surface area contributed by atoms with Crippen molar-refractivity contribution >= 4 is 15.9 Å². The molecular weight excluding hydrogens is 268 g/mol. The van der Waals surface area contributed by atoms with Gasteiger partial charge in [0.05, 0.1) is 5.69 Å². The maximum Gasteiger partial charge on any atom is 0.138 e. The third-order valence-electron chi connectivity index (χ3n) is 2.57. The van der Waals surface area contributed by atoms with Crippen LogP contribution in [0, 0.1) is 0 Å². The Morgan fingerprint density at radius 1 is 1.44 bits per heavy atom. The van der Waals surface area contributed by atoms with Crippen LogP contribution < -0.4 is 5.32 Å². The number of benzene rings is 1. The van der Waals surface area contributed by atoms with Gasteiger partial charge < -0.3 is 5.32 Å². The topological polar surface area (TPSA) is 42.7 Å². The number of rotatable bonds is 3. The predicted octanol–water partition coefficient (Wildman–Crippen LogP) is 2.31. The van der Waals surface area contributed by atoms with Crippen molar-refractivity contribution in [1.29, 1.82) is 0 Å². The Labute approximate surface area is 103 Å². The van der Waals surface area contributed by atoms with Crippen molar-refractivity contribution in [3.05, 3.63) is 40.9 Å². The van der Waals surface area contributed by atoms with E-state index in [0.29, 0.717) is 6.04 Å². The normalized spacial score (nSPS) is 12.7. The molecule has 1 heterocycles. The minimum atomic E-state index is 0.334. The fourth-order valence-corrected chi connectivity index (χ4v) is 2.06. The molecule has 0 amide bonds. The number of nitrogens with one attached hydrogen (secondary N) is 1. The Morgan fingerprint density at radius 3 is 2.81 bits per heavy atom. The van der Waals surface area contributed by atoms with Crippen molar-refractivity contribution in [2.45, 2.75) is 13.0 Å². The number of hydrogen-bond acceptors (Lipinski definition) is 3. The van der Waals surface area contributed by atoms with Gasteiger partial charge in [0.2, 0.25) is 0 Å². The largest absolute Gasteiger partial charge is 0.313 e. The SMILES string of the molecule is CNC(C)c1ccc(-n2cncn2)c(Br)c1. The molecular formula is C11H13BrN4. The van der Waals surface area contributed by atoms with E-state index in [1.807, 2.05) is 13.1 Å². The second kappa shape index (κ2) is 4.76. The van der Waals surface area contributed by atoms with Crippen molar-refractivity contribution in [1.82, 2.24) is 20.1 Å². The third kappa shape index (κ3) is 2.15. The second-order valence-corrected chi connectivity index (χ2v) is 4.42. The van der Waals surface area contributed by atoms with E-state index in [9.17, 15) is 0 Å². The van der Waals surface area contributed by atoms with E-state index in [4.69, 9.17) is 0 Å². The smallest absolute Gasteiger partial charge is 0.138 e. The van der Waals surface area contributed by atoms with Crippen LogP contribution in [-0.2, 0) is 0 Å². The van der Waals surface area contributed by atoms with Crippen molar-refractivity contribution in [3.8, 4) is 5.69 Å². The van der Waals surface area contributed by atoms with Crippen LogP contribution in [0.1, 0.15) is 18.5 Å². The summed E-state index contributed by atoms with van der Waals surface area (Å²) < 4.78 is 2.75. The molecule has 1 aromatic carbocycles. The van der Waals surface area contributed by atoms with E-state index < -0.39 is 0 Å². The minimum Gasteiger partial charge on any atom is -0.313 e. The molecule has 1 unspecified atom stereocenters. The summed E-state index contributed by atoms with van der Waals surface area (Å²) in [6, 6.07) is 6.55. The zero-order valence-electron chi connectivity index (χ0n) is 9.18. The lowest BCUT2D eigenvalue weighted by Gasteiger charge is -2.12. The first-order chi connectivity index (χ1) is 7.72. The van der Waals surface area contributed by atoms with E-state index in [1.54, 1.807) is 11.0 Å². The molecule has 4 nitrogen and oxygen atoms in total. The van der Waals surface area contributed by atoms with E-state index in [1.165, 1.54) is 11.9 Å². The standard InChI is InChI=1S/C11H13BrN4/c1-8(13-2)9-3-4-11(10(12)5-9)16-7-14-6-15-16/h3-8,13H,1-2H3. The predicted molar refractivity (Wildman–Crippen MR) is 66.5 cm³/mol. The van der Waals surface area contributed by atoms with Crippen LogP contribution >= 0.6 is 15.9 Å². The zero-order valence-corrected chi connectivity index (χ0v) is 10.8. The Morgan fingerprint density at radius 2 is 2.25 bits per heavy atom. The molecule has 0 bridgehead atoms. The van der Waals surface area contributed by atoms with Crippen molar-refractivity contribution in [2.75, 3.05) is 7.05 Å². The average Bonchev–Trinajstić information content (AvgIpc) is 2.81. The minimum absolute atomic E-state index is 0.334. The summed E-state index contributed by atoms with van der Waals surface area (Å²) >= 11 is 3.55. The van der Waals surface area contributed by atoms with Gasteiger partial charge in [-0.2, -0.15) is 5.10 Å². The molecule has 0 saturated heterocycles. The van der Waals surface area contributed by atoms with Crippen LogP contribution in [0.3, 0.4) is 0 Å². The van der Waals surface area contributed by atoms with Crippen LogP contribution in [0.15, 0.2) is 35.3 Å². The Kier molecular flexibility index (Phi) is 3.36. The van der Waals surface area contributed by atoms with Gasteiger partial charge in [-0.25, -0.2) is 9.67 Å². The number of aromatic nitrogens is 3. The summed E-state index contributed by atoms with van der Waals surface area (Å²) in [5.74, 6) is 0. The summed E-state index contributed by atoms with van der Waals surface area (Å²) in [5, 5.41) is 7.31. The monoisotopic (exact) mass is 280 g/mol. The first-order valence-electron chi connectivity index (χ1n) is 5.04. The molecule has 16 heavy (non-hydrogen) atoms. The van der Waals surface area contributed by atoms with Crippen molar-refractivity contribution in [2.24, 2.45) is 0 Å². The van der Waals surface area contributed by atoms with E-state index >= 15 is 0 Å². The van der Waals surface area contributed by atoms with E-state index in [-0.39, 0.29) is 0 Å². The molecule has 84 valence electrons. The van der Waals surface area contributed by atoms with Gasteiger partial charge in [-0.15, -0.1) is 0 Å².